The monoisotopic (exact) mass is 274 g/mol. The van der Waals surface area contributed by atoms with E-state index in [1.807, 2.05) is 20.8 Å². The third kappa shape index (κ3) is 3.36. The lowest BCUT2D eigenvalue weighted by atomic mass is 9.80. The quantitative estimate of drug-likeness (QED) is 0.701. The zero-order valence-corrected chi connectivity index (χ0v) is 11.8. The van der Waals surface area contributed by atoms with Gasteiger partial charge in [0.1, 0.15) is 6.04 Å². The maximum Gasteiger partial charge on any atom is 0.407 e. The van der Waals surface area contributed by atoms with Crippen LogP contribution in [-0.4, -0.2) is 60.5 Å². The molecule has 1 aliphatic rings. The minimum Gasteiger partial charge on any atom is -0.468 e. The molecule has 110 valence electrons. The summed E-state index contributed by atoms with van der Waals surface area (Å²) >= 11 is 0. The van der Waals surface area contributed by atoms with Crippen molar-refractivity contribution in [1.29, 1.82) is 0 Å². The first-order chi connectivity index (χ1) is 8.70. The Labute approximate surface area is 112 Å². The predicted octanol–water partition coefficient (Wildman–Crippen LogP) is 0.280. The van der Waals surface area contributed by atoms with E-state index in [0.29, 0.717) is 6.61 Å². The number of hydrogen-bond donors (Lipinski definition) is 2. The fraction of sp³-hybridized carbons (Fsp3) is 0.833. The molecule has 1 amide bonds. The van der Waals surface area contributed by atoms with Crippen molar-refractivity contribution in [2.24, 2.45) is 11.1 Å². The number of ether oxygens (including phenoxy) is 2. The van der Waals surface area contributed by atoms with Crippen LogP contribution in [0.5, 0.6) is 0 Å². The van der Waals surface area contributed by atoms with E-state index in [0.717, 1.165) is 0 Å². The summed E-state index contributed by atoms with van der Waals surface area (Å²) in [6.45, 7) is 6.23. The van der Waals surface area contributed by atoms with Gasteiger partial charge in [0.05, 0.1) is 25.9 Å². The molecule has 7 nitrogen and oxygen atoms in total. The molecule has 1 heterocycles. The third-order valence-electron chi connectivity index (χ3n) is 3.24. The molecule has 3 atom stereocenters. The second-order valence-corrected chi connectivity index (χ2v) is 5.67. The average Bonchev–Trinajstić information content (AvgIpc) is 2.34. The first-order valence-corrected chi connectivity index (χ1v) is 6.14. The summed E-state index contributed by atoms with van der Waals surface area (Å²) in [7, 11) is 1.23. The largest absolute Gasteiger partial charge is 0.468 e. The minimum atomic E-state index is -1.11. The number of morpholine rings is 1. The number of carbonyl (C=O) groups is 2. The Balaban J connectivity index is 3.09. The van der Waals surface area contributed by atoms with Crippen LogP contribution in [0, 0.1) is 5.41 Å². The number of rotatable bonds is 2. The second kappa shape index (κ2) is 5.75. The molecule has 1 rings (SSSR count). The van der Waals surface area contributed by atoms with E-state index < -0.39 is 30.3 Å². The fourth-order valence-corrected chi connectivity index (χ4v) is 2.33. The fourth-order valence-electron chi connectivity index (χ4n) is 2.33. The van der Waals surface area contributed by atoms with Crippen molar-refractivity contribution in [3.8, 4) is 0 Å². The molecule has 1 fully saturated rings. The van der Waals surface area contributed by atoms with Gasteiger partial charge in [0.2, 0.25) is 0 Å². The van der Waals surface area contributed by atoms with Crippen LogP contribution in [0.1, 0.15) is 20.8 Å². The summed E-state index contributed by atoms with van der Waals surface area (Å²) in [6.07, 6.45) is -1.58. The van der Waals surface area contributed by atoms with Crippen molar-refractivity contribution in [1.82, 2.24) is 4.90 Å². The number of esters is 1. The first kappa shape index (κ1) is 15.7. The maximum absolute atomic E-state index is 11.6. The number of methoxy groups -OCH3 is 1. The van der Waals surface area contributed by atoms with Gasteiger partial charge < -0.3 is 20.3 Å². The molecule has 0 aromatic rings. The minimum absolute atomic E-state index is 0.192. The van der Waals surface area contributed by atoms with Crippen LogP contribution in [0.4, 0.5) is 4.79 Å². The molecule has 0 aromatic carbocycles. The van der Waals surface area contributed by atoms with Gasteiger partial charge in [-0.05, 0) is 5.41 Å². The molecule has 2 unspecified atom stereocenters. The van der Waals surface area contributed by atoms with E-state index in [4.69, 9.17) is 10.5 Å². The Morgan fingerprint density at radius 3 is 2.47 bits per heavy atom. The molecule has 0 saturated carbocycles. The predicted molar refractivity (Wildman–Crippen MR) is 67.7 cm³/mol. The smallest absolute Gasteiger partial charge is 0.407 e. The Morgan fingerprint density at radius 2 is 2.05 bits per heavy atom. The number of carboxylic acid groups (broad SMARTS) is 1. The zero-order valence-electron chi connectivity index (χ0n) is 11.8. The molecule has 0 bridgehead atoms. The Hall–Kier alpha value is -1.34. The summed E-state index contributed by atoms with van der Waals surface area (Å²) in [4.78, 5) is 24.1. The summed E-state index contributed by atoms with van der Waals surface area (Å²) < 4.78 is 10.3. The van der Waals surface area contributed by atoms with Gasteiger partial charge in [-0.25, -0.2) is 4.79 Å². The highest BCUT2D eigenvalue weighted by Crippen LogP contribution is 2.31. The normalized spacial score (nSPS) is 25.8. The van der Waals surface area contributed by atoms with E-state index in [1.54, 1.807) is 0 Å². The van der Waals surface area contributed by atoms with E-state index >= 15 is 0 Å². The van der Waals surface area contributed by atoms with Crippen LogP contribution < -0.4 is 5.73 Å². The van der Waals surface area contributed by atoms with Gasteiger partial charge >= 0.3 is 12.1 Å². The average molecular weight is 274 g/mol. The highest BCUT2D eigenvalue weighted by molar-refractivity contribution is 5.78. The van der Waals surface area contributed by atoms with Gasteiger partial charge in [0, 0.05) is 6.54 Å². The molecule has 0 radical (unpaired) electrons. The zero-order chi connectivity index (χ0) is 14.8. The van der Waals surface area contributed by atoms with Crippen molar-refractivity contribution in [3.05, 3.63) is 0 Å². The van der Waals surface area contributed by atoms with Crippen LogP contribution >= 0.6 is 0 Å². The van der Waals surface area contributed by atoms with Gasteiger partial charge in [-0.3, -0.25) is 9.69 Å². The lowest BCUT2D eigenvalue weighted by molar-refractivity contribution is -0.153. The summed E-state index contributed by atoms with van der Waals surface area (Å²) in [5.74, 6) is -0.643. The topological polar surface area (TPSA) is 102 Å². The van der Waals surface area contributed by atoms with Crippen LogP contribution in [0.3, 0.4) is 0 Å². The van der Waals surface area contributed by atoms with Crippen LogP contribution in [0.25, 0.3) is 0 Å². The van der Waals surface area contributed by atoms with Crippen LogP contribution in [0.2, 0.25) is 0 Å². The molecular formula is C12H22N2O5. The van der Waals surface area contributed by atoms with Gasteiger partial charge in [-0.15, -0.1) is 0 Å². The first-order valence-electron chi connectivity index (χ1n) is 6.14. The van der Waals surface area contributed by atoms with E-state index in [2.05, 4.69) is 4.74 Å². The number of carbonyl (C=O) groups excluding carboxylic acids is 1. The lowest BCUT2D eigenvalue weighted by Crippen LogP contribution is -2.65. The van der Waals surface area contributed by atoms with Crippen molar-refractivity contribution in [2.45, 2.75) is 39.0 Å². The van der Waals surface area contributed by atoms with Gasteiger partial charge in [0.25, 0.3) is 0 Å². The van der Waals surface area contributed by atoms with Crippen molar-refractivity contribution in [2.75, 3.05) is 20.3 Å². The molecule has 19 heavy (non-hydrogen) atoms. The van der Waals surface area contributed by atoms with Crippen LogP contribution in [-0.2, 0) is 14.3 Å². The van der Waals surface area contributed by atoms with E-state index in [-0.39, 0.29) is 12.0 Å². The molecule has 1 saturated heterocycles. The Morgan fingerprint density at radius 1 is 1.47 bits per heavy atom. The molecule has 0 aliphatic carbocycles. The Bertz CT molecular complexity index is 353. The van der Waals surface area contributed by atoms with Crippen molar-refractivity contribution in [3.63, 3.8) is 0 Å². The number of nitrogens with zero attached hydrogens (tertiary/aromatic N) is 1. The maximum atomic E-state index is 11.6. The Kier molecular flexibility index (Phi) is 4.75. The summed E-state index contributed by atoms with van der Waals surface area (Å²) in [5, 5.41) is 9.26. The lowest BCUT2D eigenvalue weighted by Gasteiger charge is -2.46. The summed E-state index contributed by atoms with van der Waals surface area (Å²) in [6, 6.07) is -1.82. The van der Waals surface area contributed by atoms with Gasteiger partial charge in [-0.1, -0.05) is 20.8 Å². The van der Waals surface area contributed by atoms with Crippen molar-refractivity contribution >= 4 is 12.1 Å². The molecule has 1 aliphatic heterocycles. The number of nitrogens with two attached hydrogens (primary N) is 1. The van der Waals surface area contributed by atoms with E-state index in [9.17, 15) is 14.7 Å². The van der Waals surface area contributed by atoms with E-state index in [1.165, 1.54) is 12.0 Å². The molecular weight excluding hydrogens is 252 g/mol. The number of amides is 1. The van der Waals surface area contributed by atoms with Crippen LogP contribution in [0.15, 0.2) is 0 Å². The highest BCUT2D eigenvalue weighted by atomic mass is 16.5. The third-order valence-corrected chi connectivity index (χ3v) is 3.24. The number of hydrogen-bond acceptors (Lipinski definition) is 5. The summed E-state index contributed by atoms with van der Waals surface area (Å²) in [5.41, 5.74) is 5.52. The standard InChI is InChI=1S/C12H22N2O5/c1-12(2,3)9-8(7(13)10(15)18-4)14(11(16)17)5-6-19-9/h7-9H,5-6,13H2,1-4H3,(H,16,17)/t7-,8?,9?/m1/s1. The molecule has 7 heteroatoms. The molecule has 0 spiro atoms. The highest BCUT2D eigenvalue weighted by Gasteiger charge is 2.47. The SMILES string of the molecule is COC(=O)[C@H](N)C1C(C(C)(C)C)OCCN1C(=O)O. The van der Waals surface area contributed by atoms with Gasteiger partial charge in [0.15, 0.2) is 0 Å². The van der Waals surface area contributed by atoms with Crippen molar-refractivity contribution < 1.29 is 24.2 Å². The second-order valence-electron chi connectivity index (χ2n) is 5.67. The molecule has 3 N–H and O–H groups in total. The van der Waals surface area contributed by atoms with Gasteiger partial charge in [-0.2, -0.15) is 0 Å². The molecule has 0 aromatic heterocycles.